The molecule has 102 valence electrons. The monoisotopic (exact) mass is 287 g/mol. The van der Waals surface area contributed by atoms with Gasteiger partial charge in [0.25, 0.3) is 10.0 Å². The summed E-state index contributed by atoms with van der Waals surface area (Å²) in [6.07, 6.45) is 2.71. The molecule has 1 aromatic carbocycles. The Bertz CT molecular complexity index is 692. The van der Waals surface area contributed by atoms with E-state index in [9.17, 15) is 17.2 Å². The summed E-state index contributed by atoms with van der Waals surface area (Å²) in [4.78, 5) is -0.971. The lowest BCUT2D eigenvalue weighted by Gasteiger charge is -2.18. The first-order chi connectivity index (χ1) is 8.84. The van der Waals surface area contributed by atoms with Crippen LogP contribution in [0.1, 0.15) is 0 Å². The summed E-state index contributed by atoms with van der Waals surface area (Å²) in [6.45, 7) is 0. The van der Waals surface area contributed by atoms with E-state index < -0.39 is 26.6 Å². The molecule has 8 heteroatoms. The Morgan fingerprint density at radius 2 is 1.84 bits per heavy atom. The van der Waals surface area contributed by atoms with E-state index in [-0.39, 0.29) is 5.69 Å². The van der Waals surface area contributed by atoms with Crippen LogP contribution < -0.4 is 4.31 Å². The maximum atomic E-state index is 13.6. The first-order valence-electron chi connectivity index (χ1n) is 5.25. The fourth-order valence-electron chi connectivity index (χ4n) is 1.58. The van der Waals surface area contributed by atoms with Gasteiger partial charge in [-0.2, -0.15) is 5.10 Å². The minimum atomic E-state index is -4.31. The standard InChI is InChI=1S/C11H11F2N3O2S/c1-15-7-8(6-14-15)16(2)19(17,18)11-9(12)4-3-5-10(11)13/h3-7H,1-2H3. The second-order valence-corrected chi connectivity index (χ2v) is 5.80. The zero-order valence-corrected chi connectivity index (χ0v) is 11.0. The average Bonchev–Trinajstić information content (AvgIpc) is 2.74. The number of aromatic nitrogens is 2. The predicted molar refractivity (Wildman–Crippen MR) is 65.2 cm³/mol. The van der Waals surface area contributed by atoms with Gasteiger partial charge in [0.1, 0.15) is 11.6 Å². The lowest BCUT2D eigenvalue weighted by atomic mass is 10.3. The number of hydrogen-bond donors (Lipinski definition) is 0. The zero-order chi connectivity index (χ0) is 14.2. The molecule has 5 nitrogen and oxygen atoms in total. The molecule has 0 fully saturated rings. The van der Waals surface area contributed by atoms with Crippen molar-refractivity contribution in [1.82, 2.24) is 9.78 Å². The minimum Gasteiger partial charge on any atom is -0.274 e. The molecule has 1 heterocycles. The molecule has 2 rings (SSSR count). The van der Waals surface area contributed by atoms with E-state index in [4.69, 9.17) is 0 Å². The van der Waals surface area contributed by atoms with Crippen molar-refractivity contribution in [3.63, 3.8) is 0 Å². The van der Waals surface area contributed by atoms with Gasteiger partial charge in [-0.25, -0.2) is 17.2 Å². The van der Waals surface area contributed by atoms with Gasteiger partial charge in [-0.1, -0.05) is 6.07 Å². The van der Waals surface area contributed by atoms with Gasteiger partial charge in [-0.15, -0.1) is 0 Å². The van der Waals surface area contributed by atoms with Gasteiger partial charge in [0, 0.05) is 20.3 Å². The molecule has 0 aliphatic rings. The van der Waals surface area contributed by atoms with Gasteiger partial charge < -0.3 is 0 Å². The summed E-state index contributed by atoms with van der Waals surface area (Å²) < 4.78 is 53.7. The van der Waals surface area contributed by atoms with Crippen molar-refractivity contribution in [2.45, 2.75) is 4.90 Å². The molecule has 19 heavy (non-hydrogen) atoms. The molecule has 0 amide bonds. The van der Waals surface area contributed by atoms with E-state index in [1.54, 1.807) is 7.05 Å². The fourth-order valence-corrected chi connectivity index (χ4v) is 2.85. The Morgan fingerprint density at radius 1 is 1.26 bits per heavy atom. The van der Waals surface area contributed by atoms with E-state index in [2.05, 4.69) is 5.10 Å². The molecule has 0 bridgehead atoms. The average molecular weight is 287 g/mol. The molecule has 0 radical (unpaired) electrons. The van der Waals surface area contributed by atoms with E-state index >= 15 is 0 Å². The predicted octanol–water partition coefficient (Wildman–Crippen LogP) is 1.52. The molecule has 1 aromatic heterocycles. The van der Waals surface area contributed by atoms with E-state index in [1.807, 2.05) is 0 Å². The topological polar surface area (TPSA) is 55.2 Å². The number of nitrogens with zero attached hydrogens (tertiary/aromatic N) is 3. The largest absolute Gasteiger partial charge is 0.274 e. The van der Waals surface area contributed by atoms with Crippen LogP contribution in [0.3, 0.4) is 0 Å². The van der Waals surface area contributed by atoms with Crippen molar-refractivity contribution in [2.24, 2.45) is 7.05 Å². The van der Waals surface area contributed by atoms with Gasteiger partial charge in [-0.05, 0) is 12.1 Å². The highest BCUT2D eigenvalue weighted by Gasteiger charge is 2.29. The zero-order valence-electron chi connectivity index (χ0n) is 10.2. The molecular weight excluding hydrogens is 276 g/mol. The molecule has 0 saturated heterocycles. The van der Waals surface area contributed by atoms with Crippen molar-refractivity contribution in [3.8, 4) is 0 Å². The Balaban J connectivity index is 2.54. The van der Waals surface area contributed by atoms with Crippen molar-refractivity contribution >= 4 is 15.7 Å². The van der Waals surface area contributed by atoms with Crippen molar-refractivity contribution in [2.75, 3.05) is 11.4 Å². The summed E-state index contributed by atoms with van der Waals surface area (Å²) in [5, 5.41) is 3.81. The Hall–Kier alpha value is -1.96. The second kappa shape index (κ2) is 4.61. The SMILES string of the molecule is CN(c1cnn(C)c1)S(=O)(=O)c1c(F)cccc1F. The van der Waals surface area contributed by atoms with Gasteiger partial charge in [-0.3, -0.25) is 8.99 Å². The van der Waals surface area contributed by atoms with Gasteiger partial charge in [0.15, 0.2) is 4.90 Å². The van der Waals surface area contributed by atoms with Gasteiger partial charge >= 0.3 is 0 Å². The number of rotatable bonds is 3. The van der Waals surface area contributed by atoms with Crippen molar-refractivity contribution < 1.29 is 17.2 Å². The van der Waals surface area contributed by atoms with Gasteiger partial charge in [0.2, 0.25) is 0 Å². The summed E-state index contributed by atoms with van der Waals surface area (Å²) in [7, 11) is -1.50. The summed E-state index contributed by atoms with van der Waals surface area (Å²) in [5.41, 5.74) is 0.213. The molecule has 0 N–H and O–H groups in total. The number of aryl methyl sites for hydroxylation is 1. The molecule has 0 saturated carbocycles. The van der Waals surface area contributed by atoms with Crippen LogP contribution in [0.2, 0.25) is 0 Å². The number of anilines is 1. The summed E-state index contributed by atoms with van der Waals surface area (Å²) >= 11 is 0. The maximum absolute atomic E-state index is 13.6. The maximum Gasteiger partial charge on any atom is 0.270 e. The van der Waals surface area contributed by atoms with Crippen molar-refractivity contribution in [3.05, 3.63) is 42.2 Å². The Labute approximate surface area is 109 Å². The van der Waals surface area contributed by atoms with Crippen LogP contribution in [-0.2, 0) is 17.1 Å². The first-order valence-corrected chi connectivity index (χ1v) is 6.69. The van der Waals surface area contributed by atoms with E-state index in [0.717, 1.165) is 22.5 Å². The molecule has 2 aromatic rings. The quantitative estimate of drug-likeness (QED) is 0.860. The number of sulfonamides is 1. The van der Waals surface area contributed by atoms with E-state index in [0.29, 0.717) is 0 Å². The normalized spacial score (nSPS) is 11.6. The van der Waals surface area contributed by atoms with Gasteiger partial charge in [0.05, 0.1) is 11.9 Å². The van der Waals surface area contributed by atoms with E-state index in [1.165, 1.54) is 24.1 Å². The molecule has 0 atom stereocenters. The Kier molecular flexibility index (Phi) is 3.27. The van der Waals surface area contributed by atoms with Crippen LogP contribution >= 0.6 is 0 Å². The Morgan fingerprint density at radius 3 is 2.32 bits per heavy atom. The number of hydrogen-bond acceptors (Lipinski definition) is 3. The highest BCUT2D eigenvalue weighted by atomic mass is 32.2. The second-order valence-electron chi connectivity index (χ2n) is 3.90. The number of halogens is 2. The highest BCUT2D eigenvalue weighted by Crippen LogP contribution is 2.25. The van der Waals surface area contributed by atoms with Crippen LogP contribution in [0.25, 0.3) is 0 Å². The smallest absolute Gasteiger partial charge is 0.270 e. The third kappa shape index (κ3) is 2.30. The molecular formula is C11H11F2N3O2S. The molecule has 0 spiro atoms. The van der Waals surface area contributed by atoms with Crippen LogP contribution in [-0.4, -0.2) is 25.2 Å². The molecule has 0 aliphatic heterocycles. The van der Waals surface area contributed by atoms with Crippen LogP contribution in [0.4, 0.5) is 14.5 Å². The third-order valence-electron chi connectivity index (χ3n) is 2.59. The van der Waals surface area contributed by atoms with Crippen LogP contribution in [0, 0.1) is 11.6 Å². The lowest BCUT2D eigenvalue weighted by molar-refractivity contribution is 0.518. The third-order valence-corrected chi connectivity index (χ3v) is 4.43. The fraction of sp³-hybridized carbons (Fsp3) is 0.182. The van der Waals surface area contributed by atoms with Crippen LogP contribution in [0.15, 0.2) is 35.5 Å². The van der Waals surface area contributed by atoms with Crippen molar-refractivity contribution in [1.29, 1.82) is 0 Å². The summed E-state index contributed by atoms with van der Waals surface area (Å²) in [5.74, 6) is -2.26. The number of benzene rings is 1. The minimum absolute atomic E-state index is 0.213. The lowest BCUT2D eigenvalue weighted by Crippen LogP contribution is -2.28. The van der Waals surface area contributed by atoms with Crippen LogP contribution in [0.5, 0.6) is 0 Å². The molecule has 0 aliphatic carbocycles. The first kappa shape index (κ1) is 13.5. The highest BCUT2D eigenvalue weighted by molar-refractivity contribution is 7.92. The molecule has 0 unspecified atom stereocenters. The summed E-state index contributed by atoms with van der Waals surface area (Å²) in [6, 6.07) is 2.90.